The molecule has 1 heterocycles. The Morgan fingerprint density at radius 2 is 1.82 bits per heavy atom. The fourth-order valence-corrected chi connectivity index (χ4v) is 6.13. The molecule has 28 heavy (non-hydrogen) atoms. The molecule has 6 nitrogen and oxygen atoms in total. The Morgan fingerprint density at radius 1 is 1.14 bits per heavy atom. The van der Waals surface area contributed by atoms with Gasteiger partial charge in [0.05, 0.1) is 15.6 Å². The first-order valence-electron chi connectivity index (χ1n) is 9.55. The van der Waals surface area contributed by atoms with E-state index in [0.29, 0.717) is 12.0 Å². The number of hydrogen-bond acceptors (Lipinski definition) is 4. The lowest BCUT2D eigenvalue weighted by Crippen LogP contribution is -2.56. The molecule has 1 saturated carbocycles. The highest BCUT2D eigenvalue weighted by Gasteiger charge is 2.38. The summed E-state index contributed by atoms with van der Waals surface area (Å²) in [5.41, 5.74) is 0.137. The van der Waals surface area contributed by atoms with Gasteiger partial charge in [0.2, 0.25) is 10.0 Å². The van der Waals surface area contributed by atoms with Gasteiger partial charge in [-0.15, -0.1) is 0 Å². The van der Waals surface area contributed by atoms with Crippen LogP contribution in [0, 0.1) is 5.92 Å². The van der Waals surface area contributed by atoms with Crippen LogP contribution in [0.1, 0.15) is 42.5 Å². The van der Waals surface area contributed by atoms with Gasteiger partial charge in [-0.3, -0.25) is 4.79 Å². The second-order valence-electron chi connectivity index (χ2n) is 7.91. The van der Waals surface area contributed by atoms with Crippen molar-refractivity contribution < 1.29 is 13.2 Å². The lowest BCUT2D eigenvalue weighted by Gasteiger charge is -2.46. The molecular weight excluding hydrogens is 421 g/mol. The van der Waals surface area contributed by atoms with Gasteiger partial charge in [0.1, 0.15) is 4.90 Å². The number of hydrogen-bond donors (Lipinski definition) is 1. The highest BCUT2D eigenvalue weighted by molar-refractivity contribution is 7.89. The van der Waals surface area contributed by atoms with Crippen LogP contribution >= 0.6 is 23.2 Å². The van der Waals surface area contributed by atoms with Crippen molar-refractivity contribution in [2.75, 3.05) is 27.7 Å². The molecule has 3 atom stereocenters. The number of piperidine rings is 1. The van der Waals surface area contributed by atoms with Crippen LogP contribution in [-0.4, -0.2) is 63.3 Å². The SMILES string of the molecule is CN1CC[C@@H](NC(=O)c2cc(S(=O)(=O)N(C)C)c(Cl)cc2Cl)[C@H]2CCCC[C@@H]21. The van der Waals surface area contributed by atoms with Crippen LogP contribution in [0.5, 0.6) is 0 Å². The second kappa shape index (κ2) is 8.48. The second-order valence-corrected chi connectivity index (χ2v) is 10.8. The third-order valence-corrected chi connectivity index (χ3v) is 8.59. The van der Waals surface area contributed by atoms with Crippen LogP contribution in [0.2, 0.25) is 10.0 Å². The predicted molar refractivity (Wildman–Crippen MR) is 112 cm³/mol. The Morgan fingerprint density at radius 3 is 2.50 bits per heavy atom. The zero-order valence-electron chi connectivity index (χ0n) is 16.4. The predicted octanol–water partition coefficient (Wildman–Crippen LogP) is 3.24. The van der Waals surface area contributed by atoms with Crippen LogP contribution < -0.4 is 5.32 Å². The third-order valence-electron chi connectivity index (χ3n) is 6.00. The summed E-state index contributed by atoms with van der Waals surface area (Å²) in [6, 6.07) is 3.16. The van der Waals surface area contributed by atoms with E-state index in [1.54, 1.807) is 0 Å². The number of sulfonamides is 1. The first-order chi connectivity index (χ1) is 13.1. The van der Waals surface area contributed by atoms with Gasteiger partial charge in [-0.1, -0.05) is 36.0 Å². The molecule has 0 aromatic heterocycles. The number of fused-ring (bicyclic) bond motifs is 1. The van der Waals surface area contributed by atoms with Gasteiger partial charge in [0.15, 0.2) is 0 Å². The Labute approximate surface area is 177 Å². The van der Waals surface area contributed by atoms with Gasteiger partial charge in [-0.05, 0) is 44.4 Å². The van der Waals surface area contributed by atoms with E-state index >= 15 is 0 Å². The fourth-order valence-electron chi connectivity index (χ4n) is 4.40. The van der Waals surface area contributed by atoms with Gasteiger partial charge in [0.25, 0.3) is 5.91 Å². The molecule has 156 valence electrons. The number of carbonyl (C=O) groups excluding carboxylic acids is 1. The Bertz CT molecular complexity index is 860. The van der Waals surface area contributed by atoms with Crippen molar-refractivity contribution in [2.24, 2.45) is 5.92 Å². The van der Waals surface area contributed by atoms with E-state index in [4.69, 9.17) is 23.2 Å². The fraction of sp³-hybridized carbons (Fsp3) is 0.632. The molecule has 0 bridgehead atoms. The molecule has 1 saturated heterocycles. The average Bonchev–Trinajstić information content (AvgIpc) is 2.63. The first kappa shape index (κ1) is 21.8. The Kier molecular flexibility index (Phi) is 6.61. The molecular formula is C19H27Cl2N3O3S. The lowest BCUT2D eigenvalue weighted by molar-refractivity contribution is 0.0505. The van der Waals surface area contributed by atoms with Crippen molar-refractivity contribution >= 4 is 39.1 Å². The molecule has 1 amide bonds. The molecule has 1 aliphatic heterocycles. The van der Waals surface area contributed by atoms with E-state index in [2.05, 4.69) is 17.3 Å². The topological polar surface area (TPSA) is 69.7 Å². The smallest absolute Gasteiger partial charge is 0.253 e. The number of amides is 1. The molecule has 1 aromatic carbocycles. The molecule has 0 unspecified atom stereocenters. The molecule has 1 N–H and O–H groups in total. The van der Waals surface area contributed by atoms with E-state index < -0.39 is 10.0 Å². The summed E-state index contributed by atoms with van der Waals surface area (Å²) < 4.78 is 26.1. The van der Waals surface area contributed by atoms with Crippen LogP contribution in [0.3, 0.4) is 0 Å². The maximum absolute atomic E-state index is 13.0. The molecule has 9 heteroatoms. The summed E-state index contributed by atoms with van der Waals surface area (Å²) in [5, 5.41) is 3.27. The van der Waals surface area contributed by atoms with Crippen LogP contribution in [0.25, 0.3) is 0 Å². The first-order valence-corrected chi connectivity index (χ1v) is 11.7. The number of rotatable bonds is 4. The largest absolute Gasteiger partial charge is 0.349 e. The van der Waals surface area contributed by atoms with E-state index in [9.17, 15) is 13.2 Å². The molecule has 2 fully saturated rings. The minimum absolute atomic E-state index is 0.00175. The summed E-state index contributed by atoms with van der Waals surface area (Å²) in [7, 11) is 1.20. The van der Waals surface area contributed by atoms with Gasteiger partial charge in [0, 0.05) is 32.7 Å². The maximum Gasteiger partial charge on any atom is 0.253 e. The minimum Gasteiger partial charge on any atom is -0.349 e. The summed E-state index contributed by atoms with van der Waals surface area (Å²) in [6.45, 7) is 0.931. The van der Waals surface area contributed by atoms with Crippen molar-refractivity contribution in [2.45, 2.75) is 49.1 Å². The number of likely N-dealkylation sites (tertiary alicyclic amines) is 1. The molecule has 0 spiro atoms. The van der Waals surface area contributed by atoms with Crippen LogP contribution in [-0.2, 0) is 10.0 Å². The number of nitrogens with one attached hydrogen (secondary N) is 1. The van der Waals surface area contributed by atoms with E-state index in [1.165, 1.54) is 39.1 Å². The average molecular weight is 448 g/mol. The third kappa shape index (κ3) is 4.19. The van der Waals surface area contributed by atoms with Gasteiger partial charge in [-0.25, -0.2) is 12.7 Å². The van der Waals surface area contributed by atoms with Gasteiger partial charge < -0.3 is 10.2 Å². The minimum atomic E-state index is -3.78. The molecule has 1 aromatic rings. The quantitative estimate of drug-likeness (QED) is 0.768. The van der Waals surface area contributed by atoms with Crippen molar-refractivity contribution in [3.05, 3.63) is 27.7 Å². The highest BCUT2D eigenvalue weighted by atomic mass is 35.5. The van der Waals surface area contributed by atoms with Crippen molar-refractivity contribution in [3.8, 4) is 0 Å². The van der Waals surface area contributed by atoms with Crippen LogP contribution in [0.4, 0.5) is 0 Å². The van der Waals surface area contributed by atoms with Crippen molar-refractivity contribution in [1.82, 2.24) is 14.5 Å². The number of carbonyl (C=O) groups is 1. The molecule has 2 aliphatic rings. The van der Waals surface area contributed by atoms with Crippen molar-refractivity contribution in [1.29, 1.82) is 0 Å². The monoisotopic (exact) mass is 447 g/mol. The zero-order chi connectivity index (χ0) is 20.6. The molecule has 0 radical (unpaired) electrons. The summed E-state index contributed by atoms with van der Waals surface area (Å²) in [4.78, 5) is 15.3. The van der Waals surface area contributed by atoms with Crippen LogP contribution in [0.15, 0.2) is 17.0 Å². The number of halogens is 2. The molecule has 1 aliphatic carbocycles. The zero-order valence-corrected chi connectivity index (χ0v) is 18.7. The van der Waals surface area contributed by atoms with Gasteiger partial charge >= 0.3 is 0 Å². The standard InChI is InChI=1S/C19H27Cl2N3O3S/c1-23(2)28(26,27)18-10-13(14(20)11-15(18)21)19(25)22-16-8-9-24(3)17-7-5-4-6-12(16)17/h10-12,16-17H,4-9H2,1-3H3,(H,22,25)/t12-,16-,17+/m1/s1. The normalized spacial score (nSPS) is 26.1. The summed E-state index contributed by atoms with van der Waals surface area (Å²) in [5.74, 6) is 0.0586. The van der Waals surface area contributed by atoms with E-state index in [-0.39, 0.29) is 32.5 Å². The number of nitrogens with zero attached hydrogens (tertiary/aromatic N) is 2. The number of benzene rings is 1. The summed E-state index contributed by atoms with van der Waals surface area (Å²) >= 11 is 12.3. The summed E-state index contributed by atoms with van der Waals surface area (Å²) in [6.07, 6.45) is 5.52. The van der Waals surface area contributed by atoms with Gasteiger partial charge in [-0.2, -0.15) is 0 Å². The van der Waals surface area contributed by atoms with E-state index in [1.807, 2.05) is 0 Å². The Balaban J connectivity index is 1.86. The Hall–Kier alpha value is -0.860. The van der Waals surface area contributed by atoms with E-state index in [0.717, 1.165) is 30.1 Å². The van der Waals surface area contributed by atoms with Crippen molar-refractivity contribution in [3.63, 3.8) is 0 Å². The molecule has 3 rings (SSSR count). The highest BCUT2D eigenvalue weighted by Crippen LogP contribution is 2.35. The lowest BCUT2D eigenvalue weighted by atomic mass is 9.75. The maximum atomic E-state index is 13.0.